The molecule has 1 aromatic heterocycles. The van der Waals surface area contributed by atoms with Gasteiger partial charge in [-0.15, -0.1) is 0 Å². The molecule has 1 aromatic carbocycles. The van der Waals surface area contributed by atoms with Gasteiger partial charge in [-0.1, -0.05) is 13.0 Å². The van der Waals surface area contributed by atoms with Gasteiger partial charge in [0.25, 0.3) is 0 Å². The molecular weight excluding hydrogens is 216 g/mol. The number of fused-ring (bicyclic) bond motifs is 1. The summed E-state index contributed by atoms with van der Waals surface area (Å²) < 4.78 is 6.73. The SMILES string of the molecule is CCC(CNC)c1ccc2c(c1)oc(=O)n2C. The molecular formula is C13H18N2O2. The Kier molecular flexibility index (Phi) is 3.33. The third-order valence-electron chi connectivity index (χ3n) is 3.23. The fraction of sp³-hybridized carbons (Fsp3) is 0.462. The van der Waals surface area contributed by atoms with Crippen LogP contribution in [0, 0.1) is 0 Å². The number of aromatic nitrogens is 1. The Bertz CT molecular complexity index is 568. The van der Waals surface area contributed by atoms with Crippen LogP contribution in [0.25, 0.3) is 11.1 Å². The van der Waals surface area contributed by atoms with Crippen molar-refractivity contribution in [1.82, 2.24) is 9.88 Å². The molecule has 0 aliphatic rings. The number of hydrogen-bond donors (Lipinski definition) is 1. The van der Waals surface area contributed by atoms with Crippen LogP contribution in [-0.4, -0.2) is 18.2 Å². The van der Waals surface area contributed by atoms with E-state index in [1.807, 2.05) is 19.2 Å². The molecule has 17 heavy (non-hydrogen) atoms. The molecule has 92 valence electrons. The zero-order valence-electron chi connectivity index (χ0n) is 10.5. The highest BCUT2D eigenvalue weighted by Gasteiger charge is 2.12. The Morgan fingerprint density at radius 2 is 2.24 bits per heavy atom. The van der Waals surface area contributed by atoms with E-state index in [0.717, 1.165) is 18.5 Å². The van der Waals surface area contributed by atoms with E-state index in [1.165, 1.54) is 10.1 Å². The van der Waals surface area contributed by atoms with Crippen molar-refractivity contribution in [3.8, 4) is 0 Å². The van der Waals surface area contributed by atoms with Crippen LogP contribution in [0.15, 0.2) is 27.4 Å². The first kappa shape index (κ1) is 11.9. The first-order valence-corrected chi connectivity index (χ1v) is 5.91. The summed E-state index contributed by atoms with van der Waals surface area (Å²) in [6.45, 7) is 3.09. The number of aryl methyl sites for hydroxylation is 1. The summed E-state index contributed by atoms with van der Waals surface area (Å²) in [6, 6.07) is 6.00. The van der Waals surface area contributed by atoms with Crippen LogP contribution in [0.2, 0.25) is 0 Å². The molecule has 0 fully saturated rings. The maximum atomic E-state index is 11.4. The summed E-state index contributed by atoms with van der Waals surface area (Å²) in [4.78, 5) is 11.4. The van der Waals surface area contributed by atoms with Gasteiger partial charge in [0.05, 0.1) is 5.52 Å². The van der Waals surface area contributed by atoms with E-state index in [0.29, 0.717) is 11.5 Å². The van der Waals surface area contributed by atoms with Crippen molar-refractivity contribution in [1.29, 1.82) is 0 Å². The van der Waals surface area contributed by atoms with Gasteiger partial charge in [-0.2, -0.15) is 0 Å². The minimum absolute atomic E-state index is 0.307. The van der Waals surface area contributed by atoms with Gasteiger partial charge in [0.15, 0.2) is 5.58 Å². The quantitative estimate of drug-likeness (QED) is 0.878. The predicted octanol–water partition coefficient (Wildman–Crippen LogP) is 1.84. The third kappa shape index (κ3) is 2.13. The van der Waals surface area contributed by atoms with Crippen molar-refractivity contribution in [2.24, 2.45) is 7.05 Å². The summed E-state index contributed by atoms with van der Waals surface area (Å²) in [5, 5.41) is 3.18. The van der Waals surface area contributed by atoms with Gasteiger partial charge >= 0.3 is 5.76 Å². The number of rotatable bonds is 4. The van der Waals surface area contributed by atoms with Gasteiger partial charge in [0.2, 0.25) is 0 Å². The van der Waals surface area contributed by atoms with Crippen LogP contribution < -0.4 is 11.1 Å². The molecule has 0 saturated heterocycles. The summed E-state index contributed by atoms with van der Waals surface area (Å²) >= 11 is 0. The molecule has 0 radical (unpaired) electrons. The van der Waals surface area contributed by atoms with E-state index in [-0.39, 0.29) is 5.76 Å². The molecule has 0 spiro atoms. The van der Waals surface area contributed by atoms with Crippen molar-refractivity contribution >= 4 is 11.1 Å². The van der Waals surface area contributed by atoms with Crippen LogP contribution in [-0.2, 0) is 7.05 Å². The zero-order valence-corrected chi connectivity index (χ0v) is 10.5. The molecule has 0 aliphatic heterocycles. The van der Waals surface area contributed by atoms with E-state index in [9.17, 15) is 4.79 Å². The van der Waals surface area contributed by atoms with Crippen molar-refractivity contribution < 1.29 is 4.42 Å². The molecule has 2 rings (SSSR count). The van der Waals surface area contributed by atoms with Crippen molar-refractivity contribution in [3.05, 3.63) is 34.3 Å². The van der Waals surface area contributed by atoms with Crippen LogP contribution in [0.5, 0.6) is 0 Å². The first-order valence-electron chi connectivity index (χ1n) is 5.91. The summed E-state index contributed by atoms with van der Waals surface area (Å²) in [7, 11) is 3.67. The van der Waals surface area contributed by atoms with E-state index in [1.54, 1.807) is 7.05 Å². The van der Waals surface area contributed by atoms with Gasteiger partial charge in [-0.3, -0.25) is 4.57 Å². The van der Waals surface area contributed by atoms with Crippen molar-refractivity contribution in [2.45, 2.75) is 19.3 Å². The van der Waals surface area contributed by atoms with E-state index in [2.05, 4.69) is 18.3 Å². The minimum Gasteiger partial charge on any atom is -0.408 e. The number of likely N-dealkylation sites (N-methyl/N-ethyl adjacent to an activating group) is 1. The maximum absolute atomic E-state index is 11.4. The van der Waals surface area contributed by atoms with Gasteiger partial charge in [0, 0.05) is 13.6 Å². The lowest BCUT2D eigenvalue weighted by molar-refractivity contribution is 0.527. The maximum Gasteiger partial charge on any atom is 0.419 e. The second-order valence-corrected chi connectivity index (χ2v) is 4.32. The highest BCUT2D eigenvalue weighted by Crippen LogP contribution is 2.23. The lowest BCUT2D eigenvalue weighted by Gasteiger charge is -2.14. The first-order chi connectivity index (χ1) is 8.17. The smallest absolute Gasteiger partial charge is 0.408 e. The van der Waals surface area contributed by atoms with Crippen molar-refractivity contribution in [2.75, 3.05) is 13.6 Å². The minimum atomic E-state index is -0.307. The van der Waals surface area contributed by atoms with Crippen molar-refractivity contribution in [3.63, 3.8) is 0 Å². The van der Waals surface area contributed by atoms with Crippen LogP contribution in [0.3, 0.4) is 0 Å². The zero-order chi connectivity index (χ0) is 12.4. The number of nitrogens with one attached hydrogen (secondary N) is 1. The fourth-order valence-corrected chi connectivity index (χ4v) is 2.15. The average molecular weight is 234 g/mol. The predicted molar refractivity (Wildman–Crippen MR) is 68.4 cm³/mol. The molecule has 2 aromatic rings. The van der Waals surface area contributed by atoms with Gasteiger partial charge in [0.1, 0.15) is 0 Å². The molecule has 0 saturated carbocycles. The third-order valence-corrected chi connectivity index (χ3v) is 3.23. The second-order valence-electron chi connectivity index (χ2n) is 4.32. The summed E-state index contributed by atoms with van der Waals surface area (Å²) in [5.41, 5.74) is 2.73. The molecule has 0 bridgehead atoms. The largest absolute Gasteiger partial charge is 0.419 e. The molecule has 4 nitrogen and oxygen atoms in total. The topological polar surface area (TPSA) is 47.2 Å². The van der Waals surface area contributed by atoms with Gasteiger partial charge in [-0.25, -0.2) is 4.79 Å². The Hall–Kier alpha value is -1.55. The normalized spacial score (nSPS) is 13.1. The molecule has 1 N–H and O–H groups in total. The molecule has 0 aliphatic carbocycles. The van der Waals surface area contributed by atoms with Crippen LogP contribution >= 0.6 is 0 Å². The van der Waals surface area contributed by atoms with Gasteiger partial charge < -0.3 is 9.73 Å². The number of oxazole rings is 1. The highest BCUT2D eigenvalue weighted by atomic mass is 16.4. The van der Waals surface area contributed by atoms with E-state index >= 15 is 0 Å². The molecule has 0 amide bonds. The van der Waals surface area contributed by atoms with E-state index < -0.39 is 0 Å². The second kappa shape index (κ2) is 4.75. The molecule has 4 heteroatoms. The number of hydrogen-bond acceptors (Lipinski definition) is 3. The Morgan fingerprint density at radius 3 is 2.88 bits per heavy atom. The summed E-state index contributed by atoms with van der Waals surface area (Å²) in [6.07, 6.45) is 1.06. The lowest BCUT2D eigenvalue weighted by Crippen LogP contribution is -2.16. The Balaban J connectivity index is 2.47. The Morgan fingerprint density at radius 1 is 1.47 bits per heavy atom. The average Bonchev–Trinajstić information content (AvgIpc) is 2.61. The van der Waals surface area contributed by atoms with Gasteiger partial charge in [-0.05, 0) is 37.1 Å². The summed E-state index contributed by atoms with van der Waals surface area (Å²) in [5.74, 6) is 0.147. The fourth-order valence-electron chi connectivity index (χ4n) is 2.15. The highest BCUT2D eigenvalue weighted by molar-refractivity contribution is 5.73. The molecule has 1 heterocycles. The monoisotopic (exact) mass is 234 g/mol. The van der Waals surface area contributed by atoms with Crippen LogP contribution in [0.4, 0.5) is 0 Å². The lowest BCUT2D eigenvalue weighted by atomic mass is 9.96. The van der Waals surface area contributed by atoms with E-state index in [4.69, 9.17) is 4.42 Å². The molecule has 1 atom stereocenters. The Labute approximate surface area is 100 Å². The number of nitrogens with zero attached hydrogens (tertiary/aromatic N) is 1. The number of benzene rings is 1. The van der Waals surface area contributed by atoms with Crippen LogP contribution in [0.1, 0.15) is 24.8 Å². The standard InChI is InChI=1S/C13H18N2O2/c1-4-9(8-14-2)10-5-6-11-12(7-10)17-13(16)15(11)3/h5-7,9,14H,4,8H2,1-3H3. The molecule has 1 unspecified atom stereocenters.